The molecule has 0 saturated heterocycles. The summed E-state index contributed by atoms with van der Waals surface area (Å²) >= 11 is 0. The Morgan fingerprint density at radius 2 is 1.10 bits per heavy atom. The number of ether oxygens (including phenoxy) is 4. The fourth-order valence-electron chi connectivity index (χ4n) is 1.62. The Morgan fingerprint density at radius 1 is 0.762 bits per heavy atom. The van der Waals surface area contributed by atoms with Crippen LogP contribution in [-0.2, 0) is 28.5 Å². The van der Waals surface area contributed by atoms with E-state index in [4.69, 9.17) is 9.47 Å². The summed E-state index contributed by atoms with van der Waals surface area (Å²) < 4.78 is 19.9. The molecule has 0 aromatic heterocycles. The van der Waals surface area contributed by atoms with Crippen LogP contribution < -0.4 is 0 Å². The van der Waals surface area contributed by atoms with Crippen molar-refractivity contribution in [1.82, 2.24) is 0 Å². The lowest BCUT2D eigenvalue weighted by Crippen LogP contribution is -2.43. The van der Waals surface area contributed by atoms with Crippen LogP contribution in [0.2, 0.25) is 0 Å². The SMILES string of the molecule is COC(=O)/C=C(\C[N+](C)(C)C/C(=C\C(=O)OC)OC)OC. The zero-order chi connectivity index (χ0) is 16.5. The standard InChI is InChI=1S/C14H24NO6/c1-15(2,9-11(18-3)7-13(16)20-5)10-12(19-4)8-14(17)21-6/h7-8H,9-10H2,1-6H3/q+1/b11-7+,12-8+. The summed E-state index contributed by atoms with van der Waals surface area (Å²) in [5, 5.41) is 0. The molecule has 0 aliphatic heterocycles. The Hall–Kier alpha value is -2.02. The van der Waals surface area contributed by atoms with E-state index in [0.29, 0.717) is 29.1 Å². The largest absolute Gasteiger partial charge is 0.495 e. The highest BCUT2D eigenvalue weighted by molar-refractivity contribution is 5.82. The van der Waals surface area contributed by atoms with Gasteiger partial charge in [-0.3, -0.25) is 0 Å². The van der Waals surface area contributed by atoms with Crippen molar-refractivity contribution >= 4 is 11.9 Å². The van der Waals surface area contributed by atoms with E-state index in [2.05, 4.69) is 9.47 Å². The quantitative estimate of drug-likeness (QED) is 0.281. The van der Waals surface area contributed by atoms with Crippen molar-refractivity contribution in [2.45, 2.75) is 0 Å². The number of hydrogen-bond acceptors (Lipinski definition) is 6. The first-order chi connectivity index (χ1) is 9.77. The number of rotatable bonds is 8. The van der Waals surface area contributed by atoms with Gasteiger partial charge in [0.25, 0.3) is 0 Å². The molecule has 120 valence electrons. The van der Waals surface area contributed by atoms with Crippen molar-refractivity contribution < 1.29 is 33.0 Å². The van der Waals surface area contributed by atoms with Crippen LogP contribution in [0.3, 0.4) is 0 Å². The summed E-state index contributed by atoms with van der Waals surface area (Å²) in [4.78, 5) is 22.5. The average molecular weight is 302 g/mol. The molecule has 0 radical (unpaired) electrons. The molecule has 0 saturated carbocycles. The lowest BCUT2D eigenvalue weighted by molar-refractivity contribution is -0.883. The minimum absolute atomic E-state index is 0.410. The molecule has 0 rings (SSSR count). The van der Waals surface area contributed by atoms with Gasteiger partial charge in [-0.05, 0) is 0 Å². The van der Waals surface area contributed by atoms with Crippen LogP contribution in [0, 0.1) is 0 Å². The van der Waals surface area contributed by atoms with E-state index >= 15 is 0 Å². The van der Waals surface area contributed by atoms with Crippen LogP contribution in [-0.4, -0.2) is 72.0 Å². The summed E-state index contributed by atoms with van der Waals surface area (Å²) in [5.41, 5.74) is 0. The highest BCUT2D eigenvalue weighted by atomic mass is 16.5. The van der Waals surface area contributed by atoms with Gasteiger partial charge in [0, 0.05) is 0 Å². The molecule has 0 aliphatic carbocycles. The second kappa shape index (κ2) is 9.02. The van der Waals surface area contributed by atoms with Gasteiger partial charge in [-0.15, -0.1) is 0 Å². The third kappa shape index (κ3) is 7.98. The van der Waals surface area contributed by atoms with E-state index in [1.54, 1.807) is 0 Å². The number of carbonyl (C=O) groups is 2. The number of likely N-dealkylation sites (N-methyl/N-ethyl adjacent to an activating group) is 1. The van der Waals surface area contributed by atoms with E-state index in [9.17, 15) is 9.59 Å². The van der Waals surface area contributed by atoms with Crippen molar-refractivity contribution in [3.63, 3.8) is 0 Å². The molecule has 0 aliphatic rings. The summed E-state index contributed by atoms with van der Waals surface area (Å²) in [6, 6.07) is 0. The molecule has 7 heteroatoms. The molecule has 0 fully saturated rings. The van der Waals surface area contributed by atoms with Crippen molar-refractivity contribution in [3.05, 3.63) is 23.7 Å². The van der Waals surface area contributed by atoms with Gasteiger partial charge in [0.15, 0.2) is 11.5 Å². The number of methoxy groups -OCH3 is 4. The van der Waals surface area contributed by atoms with Gasteiger partial charge >= 0.3 is 11.9 Å². The van der Waals surface area contributed by atoms with Crippen molar-refractivity contribution in [1.29, 1.82) is 0 Å². The smallest absolute Gasteiger partial charge is 0.334 e. The second-order valence-corrected chi connectivity index (χ2v) is 4.93. The Balaban J connectivity index is 4.95. The summed E-state index contributed by atoms with van der Waals surface area (Å²) in [6.07, 6.45) is 2.58. The predicted molar refractivity (Wildman–Crippen MR) is 76.1 cm³/mol. The Morgan fingerprint density at radius 3 is 1.33 bits per heavy atom. The van der Waals surface area contributed by atoms with E-state index < -0.39 is 11.9 Å². The third-order valence-corrected chi connectivity index (χ3v) is 2.65. The average Bonchev–Trinajstić information content (AvgIpc) is 2.44. The second-order valence-electron chi connectivity index (χ2n) is 4.93. The first-order valence-electron chi connectivity index (χ1n) is 6.25. The van der Waals surface area contributed by atoms with Crippen molar-refractivity contribution in [2.24, 2.45) is 0 Å². The number of quaternary nitrogens is 1. The number of hydrogen-bond donors (Lipinski definition) is 0. The maximum atomic E-state index is 11.2. The van der Waals surface area contributed by atoms with E-state index in [0.717, 1.165) is 0 Å². The van der Waals surface area contributed by atoms with Crippen LogP contribution in [0.25, 0.3) is 0 Å². The van der Waals surface area contributed by atoms with Crippen molar-refractivity contribution in [3.8, 4) is 0 Å². The van der Waals surface area contributed by atoms with Gasteiger partial charge in [0.05, 0.1) is 54.7 Å². The zero-order valence-corrected chi connectivity index (χ0v) is 13.5. The highest BCUT2D eigenvalue weighted by Crippen LogP contribution is 2.11. The lowest BCUT2D eigenvalue weighted by Gasteiger charge is -2.30. The van der Waals surface area contributed by atoms with Gasteiger partial charge < -0.3 is 23.4 Å². The van der Waals surface area contributed by atoms with Crippen LogP contribution in [0.15, 0.2) is 23.7 Å². The Labute approximate surface area is 125 Å². The third-order valence-electron chi connectivity index (χ3n) is 2.65. The molecular formula is C14H24NO6+. The van der Waals surface area contributed by atoms with Crippen LogP contribution >= 0.6 is 0 Å². The monoisotopic (exact) mass is 302 g/mol. The minimum atomic E-state index is -0.482. The van der Waals surface area contributed by atoms with Gasteiger partial charge in [0.1, 0.15) is 13.1 Å². The molecule has 0 atom stereocenters. The molecule has 0 aromatic carbocycles. The van der Waals surface area contributed by atoms with Crippen LogP contribution in [0.1, 0.15) is 0 Å². The number of carbonyl (C=O) groups excluding carboxylic acids is 2. The molecule has 0 amide bonds. The molecule has 7 nitrogen and oxygen atoms in total. The molecule has 0 spiro atoms. The van der Waals surface area contributed by atoms with E-state index in [1.807, 2.05) is 14.1 Å². The normalized spacial score (nSPS) is 12.7. The summed E-state index contributed by atoms with van der Waals surface area (Å²) in [5.74, 6) is -0.0198. The molecule has 21 heavy (non-hydrogen) atoms. The first-order valence-corrected chi connectivity index (χ1v) is 6.25. The lowest BCUT2D eigenvalue weighted by atomic mass is 10.3. The molecule has 0 N–H and O–H groups in total. The Bertz CT molecular complexity index is 387. The van der Waals surface area contributed by atoms with Gasteiger partial charge in [-0.1, -0.05) is 0 Å². The molecule has 0 bridgehead atoms. The summed E-state index contributed by atoms with van der Waals surface area (Å²) in [7, 11) is 9.39. The van der Waals surface area contributed by atoms with E-state index in [1.165, 1.54) is 40.6 Å². The van der Waals surface area contributed by atoms with Crippen LogP contribution in [0.5, 0.6) is 0 Å². The fourth-order valence-corrected chi connectivity index (χ4v) is 1.62. The highest BCUT2D eigenvalue weighted by Gasteiger charge is 2.22. The first kappa shape index (κ1) is 19.0. The molecule has 0 heterocycles. The van der Waals surface area contributed by atoms with Crippen molar-refractivity contribution in [2.75, 3.05) is 55.6 Å². The Kier molecular flexibility index (Phi) is 8.15. The maximum absolute atomic E-state index is 11.2. The van der Waals surface area contributed by atoms with Gasteiger partial charge in [0.2, 0.25) is 0 Å². The van der Waals surface area contributed by atoms with E-state index in [-0.39, 0.29) is 0 Å². The van der Waals surface area contributed by atoms with Gasteiger partial charge in [-0.25, -0.2) is 9.59 Å². The predicted octanol–water partition coefficient (Wildman–Crippen LogP) is 0.469. The topological polar surface area (TPSA) is 71.1 Å². The molecule has 0 aromatic rings. The maximum Gasteiger partial charge on any atom is 0.334 e. The number of esters is 2. The zero-order valence-electron chi connectivity index (χ0n) is 13.5. The van der Waals surface area contributed by atoms with Crippen LogP contribution in [0.4, 0.5) is 0 Å². The molecular weight excluding hydrogens is 278 g/mol. The summed E-state index contributed by atoms with van der Waals surface area (Å²) in [6.45, 7) is 0.848. The van der Waals surface area contributed by atoms with Gasteiger partial charge in [-0.2, -0.15) is 0 Å². The minimum Gasteiger partial charge on any atom is -0.495 e. The molecule has 0 unspecified atom stereocenters. The fraction of sp³-hybridized carbons (Fsp3) is 0.571. The number of nitrogens with zero attached hydrogens (tertiary/aromatic N) is 1.